The Kier molecular flexibility index (Phi) is 4.41. The van der Waals surface area contributed by atoms with Crippen LogP contribution < -0.4 is 9.47 Å². The molecule has 1 aromatic rings. The normalized spacial score (nSPS) is 14.3. The number of hydrogen-bond acceptors (Lipinski definition) is 5. The molecule has 100 valence electrons. The Morgan fingerprint density at radius 2 is 1.83 bits per heavy atom. The van der Waals surface area contributed by atoms with Gasteiger partial charge in [-0.25, -0.2) is 0 Å². The molecule has 5 nitrogen and oxygen atoms in total. The predicted molar refractivity (Wildman–Crippen MR) is 66.9 cm³/mol. The summed E-state index contributed by atoms with van der Waals surface area (Å²) < 4.78 is 11.0. The minimum Gasteiger partial charge on any atom is -0.486 e. The molecule has 0 saturated heterocycles. The standard InChI is InChI=1S/C13H19NO4/c1-14(11(8-15)9-16)7-10-2-3-12-13(6-10)18-5-4-17-12/h2-3,6,11,15-16H,4-5,7-9H2,1H3. The van der Waals surface area contributed by atoms with Gasteiger partial charge >= 0.3 is 0 Å². The zero-order chi connectivity index (χ0) is 13.0. The number of benzene rings is 1. The van der Waals surface area contributed by atoms with Crippen molar-refractivity contribution in [3.63, 3.8) is 0 Å². The predicted octanol–water partition coefficient (Wildman–Crippen LogP) is 0.243. The molecule has 1 aromatic carbocycles. The fourth-order valence-electron chi connectivity index (χ4n) is 1.94. The second-order valence-corrected chi connectivity index (χ2v) is 4.41. The van der Waals surface area contributed by atoms with Crippen molar-refractivity contribution in [3.05, 3.63) is 23.8 Å². The SMILES string of the molecule is CN(Cc1ccc2c(c1)OCCO2)C(CO)CO. The Morgan fingerprint density at radius 3 is 2.50 bits per heavy atom. The van der Waals surface area contributed by atoms with E-state index in [0.717, 1.165) is 17.1 Å². The summed E-state index contributed by atoms with van der Waals surface area (Å²) in [6, 6.07) is 5.56. The van der Waals surface area contributed by atoms with Gasteiger partial charge in [-0.3, -0.25) is 4.90 Å². The molecular weight excluding hydrogens is 234 g/mol. The summed E-state index contributed by atoms with van der Waals surface area (Å²) in [5.41, 5.74) is 1.06. The van der Waals surface area contributed by atoms with Crippen LogP contribution in [0.2, 0.25) is 0 Å². The summed E-state index contributed by atoms with van der Waals surface area (Å²) in [4.78, 5) is 1.91. The molecule has 18 heavy (non-hydrogen) atoms. The van der Waals surface area contributed by atoms with E-state index in [-0.39, 0.29) is 19.3 Å². The summed E-state index contributed by atoms with van der Waals surface area (Å²) in [6.45, 7) is 1.68. The van der Waals surface area contributed by atoms with Crippen molar-refractivity contribution in [2.75, 3.05) is 33.5 Å². The smallest absolute Gasteiger partial charge is 0.161 e. The molecule has 2 rings (SSSR count). The molecule has 0 atom stereocenters. The molecule has 0 aliphatic carbocycles. The van der Waals surface area contributed by atoms with Crippen LogP contribution in [0.3, 0.4) is 0 Å². The molecule has 0 aromatic heterocycles. The first-order chi connectivity index (χ1) is 8.74. The number of fused-ring (bicyclic) bond motifs is 1. The van der Waals surface area contributed by atoms with E-state index < -0.39 is 0 Å². The van der Waals surface area contributed by atoms with Crippen molar-refractivity contribution < 1.29 is 19.7 Å². The minimum absolute atomic E-state index is 0.0580. The topological polar surface area (TPSA) is 62.2 Å². The highest BCUT2D eigenvalue weighted by Gasteiger charge is 2.15. The molecule has 0 spiro atoms. The summed E-state index contributed by atoms with van der Waals surface area (Å²) >= 11 is 0. The summed E-state index contributed by atoms with van der Waals surface area (Å²) in [5, 5.41) is 18.2. The van der Waals surface area contributed by atoms with E-state index in [2.05, 4.69) is 0 Å². The van der Waals surface area contributed by atoms with Gasteiger partial charge in [-0.15, -0.1) is 0 Å². The van der Waals surface area contributed by atoms with Gasteiger partial charge in [-0.2, -0.15) is 0 Å². The molecule has 0 radical (unpaired) electrons. The molecule has 0 amide bonds. The zero-order valence-electron chi connectivity index (χ0n) is 10.5. The van der Waals surface area contributed by atoms with Crippen molar-refractivity contribution in [3.8, 4) is 11.5 Å². The highest BCUT2D eigenvalue weighted by Crippen LogP contribution is 2.31. The first kappa shape index (κ1) is 13.1. The lowest BCUT2D eigenvalue weighted by molar-refractivity contribution is 0.0872. The molecule has 1 aliphatic rings. The quantitative estimate of drug-likeness (QED) is 0.787. The van der Waals surface area contributed by atoms with E-state index in [1.807, 2.05) is 30.1 Å². The van der Waals surface area contributed by atoms with Gasteiger partial charge in [0.05, 0.1) is 19.3 Å². The largest absolute Gasteiger partial charge is 0.486 e. The van der Waals surface area contributed by atoms with Gasteiger partial charge in [-0.1, -0.05) is 6.07 Å². The zero-order valence-corrected chi connectivity index (χ0v) is 10.5. The van der Waals surface area contributed by atoms with Gasteiger partial charge in [0.15, 0.2) is 11.5 Å². The highest BCUT2D eigenvalue weighted by molar-refractivity contribution is 5.43. The van der Waals surface area contributed by atoms with Crippen LogP contribution >= 0.6 is 0 Å². The molecular formula is C13H19NO4. The van der Waals surface area contributed by atoms with Gasteiger partial charge in [0.25, 0.3) is 0 Å². The van der Waals surface area contributed by atoms with Crippen LogP contribution in [0.4, 0.5) is 0 Å². The molecule has 1 heterocycles. The second-order valence-electron chi connectivity index (χ2n) is 4.41. The molecule has 5 heteroatoms. The Hall–Kier alpha value is -1.30. The Morgan fingerprint density at radius 1 is 1.17 bits per heavy atom. The second kappa shape index (κ2) is 6.04. The van der Waals surface area contributed by atoms with E-state index in [1.54, 1.807) is 0 Å². The number of likely N-dealkylation sites (N-methyl/N-ethyl adjacent to an activating group) is 1. The monoisotopic (exact) mass is 253 g/mol. The Labute approximate surface area is 107 Å². The van der Waals surface area contributed by atoms with Gasteiger partial charge in [-0.05, 0) is 24.7 Å². The number of ether oxygens (including phenoxy) is 2. The molecule has 1 aliphatic heterocycles. The third kappa shape index (κ3) is 2.93. The average molecular weight is 253 g/mol. The van der Waals surface area contributed by atoms with Crippen molar-refractivity contribution in [2.45, 2.75) is 12.6 Å². The first-order valence-corrected chi connectivity index (χ1v) is 6.05. The maximum atomic E-state index is 9.12. The molecule has 0 fully saturated rings. The van der Waals surface area contributed by atoms with Crippen LogP contribution in [0, 0.1) is 0 Å². The first-order valence-electron chi connectivity index (χ1n) is 6.05. The maximum absolute atomic E-state index is 9.12. The number of hydrogen-bond donors (Lipinski definition) is 2. The van der Waals surface area contributed by atoms with E-state index in [0.29, 0.717) is 19.8 Å². The van der Waals surface area contributed by atoms with Crippen molar-refractivity contribution in [1.29, 1.82) is 0 Å². The summed E-state index contributed by atoms with van der Waals surface area (Å²) in [7, 11) is 1.87. The van der Waals surface area contributed by atoms with Crippen molar-refractivity contribution in [1.82, 2.24) is 4.90 Å². The summed E-state index contributed by atoms with van der Waals surface area (Å²) in [5.74, 6) is 1.53. The number of aliphatic hydroxyl groups excluding tert-OH is 2. The van der Waals surface area contributed by atoms with E-state index in [4.69, 9.17) is 19.7 Å². The maximum Gasteiger partial charge on any atom is 0.161 e. The number of nitrogens with zero attached hydrogens (tertiary/aromatic N) is 1. The number of rotatable bonds is 5. The van der Waals surface area contributed by atoms with Gasteiger partial charge in [0.1, 0.15) is 13.2 Å². The average Bonchev–Trinajstić information content (AvgIpc) is 2.40. The Bertz CT molecular complexity index is 393. The fraction of sp³-hybridized carbons (Fsp3) is 0.538. The van der Waals surface area contributed by atoms with Crippen LogP contribution in [0.25, 0.3) is 0 Å². The molecule has 0 bridgehead atoms. The lowest BCUT2D eigenvalue weighted by Crippen LogP contribution is -2.37. The van der Waals surface area contributed by atoms with Gasteiger partial charge < -0.3 is 19.7 Å². The lowest BCUT2D eigenvalue weighted by atomic mass is 10.1. The molecule has 0 saturated carbocycles. The third-order valence-corrected chi connectivity index (χ3v) is 3.08. The van der Waals surface area contributed by atoms with Crippen LogP contribution in [0.15, 0.2) is 18.2 Å². The highest BCUT2D eigenvalue weighted by atomic mass is 16.6. The number of aliphatic hydroxyl groups is 2. The lowest BCUT2D eigenvalue weighted by Gasteiger charge is -2.25. The molecule has 2 N–H and O–H groups in total. The minimum atomic E-state index is -0.238. The van der Waals surface area contributed by atoms with E-state index in [9.17, 15) is 0 Å². The van der Waals surface area contributed by atoms with Crippen molar-refractivity contribution in [2.24, 2.45) is 0 Å². The van der Waals surface area contributed by atoms with E-state index in [1.165, 1.54) is 0 Å². The van der Waals surface area contributed by atoms with Gasteiger partial charge in [0.2, 0.25) is 0 Å². The van der Waals surface area contributed by atoms with Crippen molar-refractivity contribution >= 4 is 0 Å². The Balaban J connectivity index is 2.05. The van der Waals surface area contributed by atoms with Crippen LogP contribution in [0.1, 0.15) is 5.56 Å². The van der Waals surface area contributed by atoms with Crippen LogP contribution in [-0.2, 0) is 6.54 Å². The van der Waals surface area contributed by atoms with Crippen LogP contribution in [-0.4, -0.2) is 54.6 Å². The van der Waals surface area contributed by atoms with Gasteiger partial charge in [0, 0.05) is 6.54 Å². The molecule has 0 unspecified atom stereocenters. The van der Waals surface area contributed by atoms with Crippen LogP contribution in [0.5, 0.6) is 11.5 Å². The summed E-state index contributed by atoms with van der Waals surface area (Å²) in [6.07, 6.45) is 0. The van der Waals surface area contributed by atoms with E-state index >= 15 is 0 Å². The fourth-order valence-corrected chi connectivity index (χ4v) is 1.94. The third-order valence-electron chi connectivity index (χ3n) is 3.08.